The first-order chi connectivity index (χ1) is 10.1. The quantitative estimate of drug-likeness (QED) is 0.931. The number of aryl methyl sites for hydroxylation is 2. The number of nitrogens with zero attached hydrogens (tertiary/aromatic N) is 2. The zero-order valence-electron chi connectivity index (χ0n) is 12.3. The van der Waals surface area contributed by atoms with Gasteiger partial charge in [-0.05, 0) is 31.4 Å². The Bertz CT molecular complexity index is 658. The molecule has 5 heteroatoms. The molecule has 110 valence electrons. The summed E-state index contributed by atoms with van der Waals surface area (Å²) in [6.45, 7) is 5.16. The van der Waals surface area contributed by atoms with Crippen LogP contribution in [0.1, 0.15) is 28.1 Å². The maximum absolute atomic E-state index is 11.8. The Balaban J connectivity index is 1.91. The van der Waals surface area contributed by atoms with Crippen molar-refractivity contribution in [1.29, 1.82) is 0 Å². The van der Waals surface area contributed by atoms with Crippen LogP contribution in [0.2, 0.25) is 0 Å². The monoisotopic (exact) mass is 285 g/mol. The van der Waals surface area contributed by atoms with Crippen LogP contribution in [0.5, 0.6) is 0 Å². The molecular formula is C16H19N3O2. The van der Waals surface area contributed by atoms with E-state index in [4.69, 9.17) is 10.3 Å². The van der Waals surface area contributed by atoms with Crippen LogP contribution in [0, 0.1) is 13.8 Å². The van der Waals surface area contributed by atoms with Crippen LogP contribution in [-0.2, 0) is 24.3 Å². The van der Waals surface area contributed by atoms with Gasteiger partial charge in [-0.15, -0.1) is 0 Å². The molecule has 1 amide bonds. The summed E-state index contributed by atoms with van der Waals surface area (Å²) in [6, 6.07) is 7.91. The average Bonchev–Trinajstić information content (AvgIpc) is 2.78. The molecule has 0 saturated heterocycles. The summed E-state index contributed by atoms with van der Waals surface area (Å²) >= 11 is 0. The van der Waals surface area contributed by atoms with Crippen LogP contribution in [-0.4, -0.2) is 22.0 Å². The molecule has 0 fully saturated rings. The lowest BCUT2D eigenvalue weighted by Gasteiger charge is -2.35. The first-order valence-electron chi connectivity index (χ1n) is 7.08. The molecule has 0 radical (unpaired) electrons. The number of carbonyl (C=O) groups excluding carboxylic acids is 1. The molecule has 21 heavy (non-hydrogen) atoms. The fraction of sp³-hybridized carbons (Fsp3) is 0.375. The van der Waals surface area contributed by atoms with Crippen molar-refractivity contribution in [1.82, 2.24) is 10.1 Å². The van der Waals surface area contributed by atoms with Crippen molar-refractivity contribution in [3.8, 4) is 0 Å². The zero-order valence-corrected chi connectivity index (χ0v) is 12.3. The Kier molecular flexibility index (Phi) is 3.51. The molecule has 1 aromatic carbocycles. The van der Waals surface area contributed by atoms with Crippen LogP contribution < -0.4 is 5.73 Å². The van der Waals surface area contributed by atoms with Crippen molar-refractivity contribution >= 4 is 5.91 Å². The van der Waals surface area contributed by atoms with E-state index in [1.165, 1.54) is 11.1 Å². The lowest BCUT2D eigenvalue weighted by molar-refractivity contribution is -0.124. The number of aromatic nitrogens is 1. The molecule has 5 nitrogen and oxygen atoms in total. The van der Waals surface area contributed by atoms with E-state index in [1.807, 2.05) is 26.0 Å². The van der Waals surface area contributed by atoms with Crippen molar-refractivity contribution in [2.45, 2.75) is 39.4 Å². The highest BCUT2D eigenvalue weighted by Gasteiger charge is 2.31. The van der Waals surface area contributed by atoms with Gasteiger partial charge in [-0.2, -0.15) is 0 Å². The van der Waals surface area contributed by atoms with Gasteiger partial charge in [-0.1, -0.05) is 29.4 Å². The number of nitrogens with two attached hydrogens (primary N) is 1. The van der Waals surface area contributed by atoms with Crippen molar-refractivity contribution in [3.63, 3.8) is 0 Å². The predicted octanol–water partition coefficient (Wildman–Crippen LogP) is 1.70. The van der Waals surface area contributed by atoms with Gasteiger partial charge in [0.15, 0.2) is 0 Å². The van der Waals surface area contributed by atoms with E-state index in [2.05, 4.69) is 22.2 Å². The Hall–Kier alpha value is -2.14. The van der Waals surface area contributed by atoms with E-state index in [9.17, 15) is 4.79 Å². The molecule has 1 atom stereocenters. The van der Waals surface area contributed by atoms with Gasteiger partial charge in [0.05, 0.1) is 11.7 Å². The fourth-order valence-corrected chi connectivity index (χ4v) is 2.95. The number of rotatable bonds is 3. The lowest BCUT2D eigenvalue weighted by Crippen LogP contribution is -2.48. The molecule has 0 aliphatic carbocycles. The summed E-state index contributed by atoms with van der Waals surface area (Å²) in [5.41, 5.74) is 9.97. The minimum atomic E-state index is -0.284. The standard InChI is InChI=1S/C16H19N3O2/c1-10-14(11(2)21-18-10)9-19-8-13-6-4-3-5-12(13)7-15(19)16(17)20/h3-6,15H,7-9H2,1-2H3,(H2,17,20). The Morgan fingerprint density at radius 3 is 2.71 bits per heavy atom. The third-order valence-corrected chi connectivity index (χ3v) is 4.22. The van der Waals surface area contributed by atoms with E-state index in [1.54, 1.807) is 0 Å². The first kappa shape index (κ1) is 13.8. The van der Waals surface area contributed by atoms with Crippen LogP contribution in [0.25, 0.3) is 0 Å². The third-order valence-electron chi connectivity index (χ3n) is 4.22. The Labute approximate surface area is 123 Å². The molecule has 1 aliphatic heterocycles. The number of primary amides is 1. The smallest absolute Gasteiger partial charge is 0.235 e. The zero-order chi connectivity index (χ0) is 15.0. The van der Waals surface area contributed by atoms with Crippen molar-refractivity contribution in [2.24, 2.45) is 5.73 Å². The molecule has 2 aromatic rings. The van der Waals surface area contributed by atoms with E-state index in [0.29, 0.717) is 19.5 Å². The Morgan fingerprint density at radius 2 is 2.10 bits per heavy atom. The van der Waals surface area contributed by atoms with Gasteiger partial charge in [0, 0.05) is 18.7 Å². The molecule has 0 spiro atoms. The van der Waals surface area contributed by atoms with E-state index in [-0.39, 0.29) is 11.9 Å². The molecule has 0 bridgehead atoms. The molecule has 3 rings (SSSR count). The summed E-state index contributed by atoms with van der Waals surface area (Å²) in [6.07, 6.45) is 0.662. The number of benzene rings is 1. The van der Waals surface area contributed by atoms with Gasteiger partial charge in [0.25, 0.3) is 0 Å². The molecule has 1 unspecified atom stereocenters. The topological polar surface area (TPSA) is 72.4 Å². The van der Waals surface area contributed by atoms with Gasteiger partial charge >= 0.3 is 0 Å². The second kappa shape index (κ2) is 5.33. The number of carbonyl (C=O) groups is 1. The normalized spacial score (nSPS) is 18.5. The summed E-state index contributed by atoms with van der Waals surface area (Å²) < 4.78 is 5.21. The van der Waals surface area contributed by atoms with Gasteiger partial charge < -0.3 is 10.3 Å². The number of amides is 1. The minimum Gasteiger partial charge on any atom is -0.368 e. The molecule has 0 saturated carbocycles. The molecular weight excluding hydrogens is 266 g/mol. The van der Waals surface area contributed by atoms with Crippen LogP contribution in [0.4, 0.5) is 0 Å². The largest absolute Gasteiger partial charge is 0.368 e. The summed E-state index contributed by atoms with van der Waals surface area (Å²) in [5, 5.41) is 3.98. The highest BCUT2D eigenvalue weighted by atomic mass is 16.5. The van der Waals surface area contributed by atoms with Crippen LogP contribution in [0.15, 0.2) is 28.8 Å². The number of fused-ring (bicyclic) bond motifs is 1. The fourth-order valence-electron chi connectivity index (χ4n) is 2.95. The van der Waals surface area contributed by atoms with E-state index >= 15 is 0 Å². The second-order valence-corrected chi connectivity index (χ2v) is 5.60. The van der Waals surface area contributed by atoms with E-state index < -0.39 is 0 Å². The minimum absolute atomic E-state index is 0.281. The predicted molar refractivity (Wildman–Crippen MR) is 78.4 cm³/mol. The van der Waals surface area contributed by atoms with E-state index in [0.717, 1.165) is 17.0 Å². The average molecular weight is 285 g/mol. The number of hydrogen-bond acceptors (Lipinski definition) is 4. The molecule has 2 N–H and O–H groups in total. The van der Waals surface area contributed by atoms with Gasteiger partial charge in [0.1, 0.15) is 5.76 Å². The van der Waals surface area contributed by atoms with Crippen molar-refractivity contribution < 1.29 is 9.32 Å². The molecule has 2 heterocycles. The maximum atomic E-state index is 11.8. The molecule has 1 aliphatic rings. The highest BCUT2D eigenvalue weighted by Crippen LogP contribution is 2.26. The SMILES string of the molecule is Cc1noc(C)c1CN1Cc2ccccc2CC1C(N)=O. The second-order valence-electron chi connectivity index (χ2n) is 5.60. The van der Waals surface area contributed by atoms with Gasteiger partial charge in [-0.3, -0.25) is 9.69 Å². The van der Waals surface area contributed by atoms with Gasteiger partial charge in [0.2, 0.25) is 5.91 Å². The van der Waals surface area contributed by atoms with Gasteiger partial charge in [-0.25, -0.2) is 0 Å². The highest BCUT2D eigenvalue weighted by molar-refractivity contribution is 5.80. The maximum Gasteiger partial charge on any atom is 0.235 e. The summed E-state index contributed by atoms with van der Waals surface area (Å²) in [5.74, 6) is 0.519. The Morgan fingerprint density at radius 1 is 1.38 bits per heavy atom. The summed E-state index contributed by atoms with van der Waals surface area (Å²) in [7, 11) is 0. The first-order valence-corrected chi connectivity index (χ1v) is 7.08. The van der Waals surface area contributed by atoms with Crippen LogP contribution >= 0.6 is 0 Å². The van der Waals surface area contributed by atoms with Crippen LogP contribution in [0.3, 0.4) is 0 Å². The third kappa shape index (κ3) is 2.56. The molecule has 1 aromatic heterocycles. The lowest BCUT2D eigenvalue weighted by atomic mass is 9.93. The number of hydrogen-bond donors (Lipinski definition) is 1. The summed E-state index contributed by atoms with van der Waals surface area (Å²) in [4.78, 5) is 13.9. The van der Waals surface area contributed by atoms with Crippen molar-refractivity contribution in [3.05, 3.63) is 52.4 Å². The van der Waals surface area contributed by atoms with Crippen molar-refractivity contribution in [2.75, 3.05) is 0 Å².